The van der Waals surface area contributed by atoms with Gasteiger partial charge in [0.05, 0.1) is 29.7 Å². The Morgan fingerprint density at radius 1 is 1.32 bits per heavy atom. The molecule has 0 unspecified atom stereocenters. The number of imidazole rings is 1. The van der Waals surface area contributed by atoms with Gasteiger partial charge < -0.3 is 15.0 Å². The van der Waals surface area contributed by atoms with Crippen LogP contribution < -0.4 is 11.1 Å². The van der Waals surface area contributed by atoms with E-state index in [1.54, 1.807) is 26.0 Å². The molecule has 2 aromatic rings. The number of fused-ring (bicyclic) bond motifs is 1. The summed E-state index contributed by atoms with van der Waals surface area (Å²) < 4.78 is 21.6. The standard InChI is InChI=1S/C24H35FN4O2/c1-7-17(11-12-23(3,4)25)18-9-10-19-20(15-18)29(13-14-31-8-2)21(28-19)16-27-24(5,6)22(26)30/h7,9-12,15,27H,8,13-14,16H2,1-6H3,(H2,26,30)/b12-11-,17-7+. The highest BCUT2D eigenvalue weighted by molar-refractivity contribution is 5.85. The minimum absolute atomic E-state index is 0.387. The van der Waals surface area contributed by atoms with E-state index in [1.165, 1.54) is 13.8 Å². The Kier molecular flexibility index (Phi) is 8.14. The normalized spacial score (nSPS) is 13.5. The van der Waals surface area contributed by atoms with Crippen molar-refractivity contribution in [2.45, 2.75) is 65.8 Å². The van der Waals surface area contributed by atoms with Crippen LogP contribution in [0.5, 0.6) is 0 Å². The number of primary amides is 1. The first-order valence-electron chi connectivity index (χ1n) is 10.6. The number of alkyl halides is 1. The molecule has 2 rings (SSSR count). The van der Waals surface area contributed by atoms with Crippen LogP contribution in [0.1, 0.15) is 52.9 Å². The van der Waals surface area contributed by atoms with Crippen LogP contribution in [0.25, 0.3) is 16.6 Å². The number of carbonyl (C=O) groups is 1. The monoisotopic (exact) mass is 430 g/mol. The van der Waals surface area contributed by atoms with Gasteiger partial charge >= 0.3 is 0 Å². The third kappa shape index (κ3) is 6.74. The third-order valence-corrected chi connectivity index (χ3v) is 5.10. The van der Waals surface area contributed by atoms with Crippen LogP contribution in [-0.4, -0.2) is 39.9 Å². The molecule has 1 aromatic heterocycles. The third-order valence-electron chi connectivity index (χ3n) is 5.10. The van der Waals surface area contributed by atoms with Crippen molar-refractivity contribution >= 4 is 22.5 Å². The van der Waals surface area contributed by atoms with Gasteiger partial charge in [0.15, 0.2) is 0 Å². The Morgan fingerprint density at radius 2 is 2.03 bits per heavy atom. The first-order chi connectivity index (χ1) is 14.5. The number of rotatable bonds is 11. The quantitative estimate of drug-likeness (QED) is 0.415. The minimum Gasteiger partial charge on any atom is -0.380 e. The van der Waals surface area contributed by atoms with Gasteiger partial charge in [-0.25, -0.2) is 9.37 Å². The van der Waals surface area contributed by atoms with Gasteiger partial charge in [-0.05, 0) is 70.9 Å². The molecule has 1 heterocycles. The summed E-state index contributed by atoms with van der Waals surface area (Å²) in [6, 6.07) is 6.00. The number of halogens is 1. The SMILES string of the molecule is C/C=C(\C=C/C(C)(C)F)c1ccc2nc(CNC(C)(C)C(N)=O)n(CCOCC)c2c1. The number of ether oxygens (including phenoxy) is 1. The Labute approximate surface area is 184 Å². The first-order valence-corrected chi connectivity index (χ1v) is 10.6. The zero-order valence-corrected chi connectivity index (χ0v) is 19.5. The summed E-state index contributed by atoms with van der Waals surface area (Å²) in [7, 11) is 0. The molecule has 0 aliphatic heterocycles. The molecule has 0 saturated carbocycles. The van der Waals surface area contributed by atoms with Crippen molar-refractivity contribution in [1.82, 2.24) is 14.9 Å². The van der Waals surface area contributed by atoms with E-state index < -0.39 is 17.1 Å². The summed E-state index contributed by atoms with van der Waals surface area (Å²) in [5, 5.41) is 3.19. The van der Waals surface area contributed by atoms with Crippen molar-refractivity contribution in [1.29, 1.82) is 0 Å². The number of hydrogen-bond acceptors (Lipinski definition) is 4. The lowest BCUT2D eigenvalue weighted by Crippen LogP contribution is -2.50. The highest BCUT2D eigenvalue weighted by Gasteiger charge is 2.25. The van der Waals surface area contributed by atoms with Gasteiger partial charge in [-0.2, -0.15) is 0 Å². The van der Waals surface area contributed by atoms with Crippen molar-refractivity contribution in [2.75, 3.05) is 13.2 Å². The maximum Gasteiger partial charge on any atom is 0.237 e. The lowest BCUT2D eigenvalue weighted by Gasteiger charge is -2.22. The molecule has 0 saturated heterocycles. The van der Waals surface area contributed by atoms with Crippen molar-refractivity contribution in [3.8, 4) is 0 Å². The van der Waals surface area contributed by atoms with E-state index in [0.717, 1.165) is 28.0 Å². The number of aromatic nitrogens is 2. The Bertz CT molecular complexity index is 968. The molecule has 0 bridgehead atoms. The smallest absolute Gasteiger partial charge is 0.237 e. The van der Waals surface area contributed by atoms with Gasteiger partial charge in [0.1, 0.15) is 11.5 Å². The summed E-state index contributed by atoms with van der Waals surface area (Å²) >= 11 is 0. The molecular formula is C24H35FN4O2. The Morgan fingerprint density at radius 3 is 2.61 bits per heavy atom. The average Bonchev–Trinajstić information content (AvgIpc) is 3.03. The fourth-order valence-electron chi connectivity index (χ4n) is 3.07. The Balaban J connectivity index is 2.45. The van der Waals surface area contributed by atoms with Crippen LogP contribution in [0, 0.1) is 0 Å². The molecular weight excluding hydrogens is 395 g/mol. The van der Waals surface area contributed by atoms with E-state index in [1.807, 2.05) is 32.1 Å². The summed E-state index contributed by atoms with van der Waals surface area (Å²) in [5.74, 6) is 0.371. The number of hydrogen-bond donors (Lipinski definition) is 2. The second kappa shape index (κ2) is 10.2. The fourth-order valence-corrected chi connectivity index (χ4v) is 3.07. The van der Waals surface area contributed by atoms with Crippen molar-refractivity contribution < 1.29 is 13.9 Å². The first kappa shape index (κ1) is 24.8. The Hall–Kier alpha value is -2.51. The molecule has 3 N–H and O–H groups in total. The second-order valence-electron chi connectivity index (χ2n) is 8.56. The summed E-state index contributed by atoms with van der Waals surface area (Å²) in [5.41, 5.74) is 6.96. The molecule has 0 atom stereocenters. The lowest BCUT2D eigenvalue weighted by atomic mass is 10.0. The second-order valence-corrected chi connectivity index (χ2v) is 8.56. The predicted octanol–water partition coefficient (Wildman–Crippen LogP) is 4.13. The van der Waals surface area contributed by atoms with Gasteiger partial charge in [0, 0.05) is 13.2 Å². The maximum atomic E-state index is 14.0. The van der Waals surface area contributed by atoms with Crippen molar-refractivity contribution in [3.63, 3.8) is 0 Å². The minimum atomic E-state index is -1.39. The average molecular weight is 431 g/mol. The van der Waals surface area contributed by atoms with Crippen molar-refractivity contribution in [3.05, 3.63) is 47.8 Å². The number of nitrogens with zero attached hydrogens (tertiary/aromatic N) is 2. The molecule has 0 aliphatic rings. The molecule has 31 heavy (non-hydrogen) atoms. The van der Waals surface area contributed by atoms with Gasteiger partial charge in [-0.3, -0.25) is 10.1 Å². The summed E-state index contributed by atoms with van der Waals surface area (Å²) in [4.78, 5) is 16.4. The highest BCUT2D eigenvalue weighted by Crippen LogP contribution is 2.25. The number of carbonyl (C=O) groups excluding carboxylic acids is 1. The topological polar surface area (TPSA) is 82.2 Å². The summed E-state index contributed by atoms with van der Waals surface area (Å²) in [6.45, 7) is 12.6. The summed E-state index contributed by atoms with van der Waals surface area (Å²) in [6.07, 6.45) is 5.32. The van der Waals surface area contributed by atoms with Crippen LogP contribution in [-0.2, 0) is 22.6 Å². The molecule has 0 fully saturated rings. The highest BCUT2D eigenvalue weighted by atomic mass is 19.1. The van der Waals surface area contributed by atoms with Gasteiger partial charge in [-0.1, -0.05) is 18.2 Å². The largest absolute Gasteiger partial charge is 0.380 e. The van der Waals surface area contributed by atoms with Gasteiger partial charge in [0.25, 0.3) is 0 Å². The molecule has 6 nitrogen and oxygen atoms in total. The molecule has 0 aliphatic carbocycles. The van der Waals surface area contributed by atoms with Crippen molar-refractivity contribution in [2.24, 2.45) is 5.73 Å². The predicted molar refractivity (Wildman–Crippen MR) is 124 cm³/mol. The van der Waals surface area contributed by atoms with Crippen LogP contribution >= 0.6 is 0 Å². The van der Waals surface area contributed by atoms with Crippen LogP contribution in [0.2, 0.25) is 0 Å². The van der Waals surface area contributed by atoms with E-state index in [-0.39, 0.29) is 0 Å². The lowest BCUT2D eigenvalue weighted by molar-refractivity contribution is -0.123. The number of benzene rings is 1. The van der Waals surface area contributed by atoms with Gasteiger partial charge in [-0.15, -0.1) is 0 Å². The molecule has 170 valence electrons. The number of allylic oxidation sites excluding steroid dienone is 4. The zero-order valence-electron chi connectivity index (χ0n) is 19.5. The fraction of sp³-hybridized carbons (Fsp3) is 0.500. The maximum absolute atomic E-state index is 14.0. The van der Waals surface area contributed by atoms with E-state index in [9.17, 15) is 9.18 Å². The molecule has 1 aromatic carbocycles. The zero-order chi connectivity index (χ0) is 23.2. The van der Waals surface area contributed by atoms with Crippen LogP contribution in [0.4, 0.5) is 4.39 Å². The van der Waals surface area contributed by atoms with E-state index >= 15 is 0 Å². The number of nitrogens with two attached hydrogens (primary N) is 1. The van der Waals surface area contributed by atoms with Gasteiger partial charge in [0.2, 0.25) is 5.91 Å². The number of nitrogens with one attached hydrogen (secondary N) is 1. The van der Waals surface area contributed by atoms with E-state index in [2.05, 4.69) is 16.0 Å². The van der Waals surface area contributed by atoms with E-state index in [0.29, 0.717) is 26.3 Å². The number of amides is 1. The van der Waals surface area contributed by atoms with Crippen LogP contribution in [0.15, 0.2) is 36.4 Å². The molecule has 0 radical (unpaired) electrons. The molecule has 1 amide bonds. The molecule has 0 spiro atoms. The van der Waals surface area contributed by atoms with Crippen LogP contribution in [0.3, 0.4) is 0 Å². The molecule has 7 heteroatoms. The van der Waals surface area contributed by atoms with E-state index in [4.69, 9.17) is 15.5 Å².